The minimum Gasteiger partial charge on any atom is -0.465 e. The summed E-state index contributed by atoms with van der Waals surface area (Å²) in [5, 5.41) is 0. The Morgan fingerprint density at radius 3 is 1.80 bits per heavy atom. The summed E-state index contributed by atoms with van der Waals surface area (Å²) in [5.41, 5.74) is 0.723. The molecule has 21 heteroatoms. The van der Waals surface area contributed by atoms with E-state index >= 15 is 0 Å². The number of fused-ring (bicyclic) bond motifs is 2. The number of nitrogens with zero attached hydrogens (tertiary/aromatic N) is 2. The maximum atomic E-state index is 14.6. The van der Waals surface area contributed by atoms with Crippen LogP contribution in [0.1, 0.15) is 66.0 Å². The standard InChI is InChI=1S/C53H54N2O18S/c1-30(56)54-42-39(72-52(54)63)25-53(51(62)64-5,73-47(42)45(70-33(4)59)40(69-32(3)58)28-65-31(2)57)68-29-41-44(66-26-34-17-9-6-10-18-34)46(67-27-35-19-11-7-12-20-35)43(50(71-41)74-36-21-13-8-14-22-36)55-48(60)37-23-15-16-24-38(37)49(55)61/h6-24,39-47,50H,25-29H2,1-5H3/t39-,40+,41-,42+,43-,44+,45+,46-,47+,50-,53-/m0/s1. The fourth-order valence-corrected chi connectivity index (χ4v) is 10.7. The molecule has 0 unspecified atom stereocenters. The van der Waals surface area contributed by atoms with E-state index in [0.29, 0.717) is 9.80 Å². The molecule has 0 spiro atoms. The van der Waals surface area contributed by atoms with E-state index in [1.807, 2.05) is 91.0 Å². The fraction of sp³-hybridized carbons (Fsp3) is 0.396. The number of carbonyl (C=O) groups excluding carboxylic acids is 8. The number of carbonyl (C=O) groups is 8. The Labute approximate surface area is 429 Å². The summed E-state index contributed by atoms with van der Waals surface area (Å²) >= 11 is 1.20. The van der Waals surface area contributed by atoms with Gasteiger partial charge in [-0.2, -0.15) is 0 Å². The smallest absolute Gasteiger partial charge is 0.417 e. The van der Waals surface area contributed by atoms with Gasteiger partial charge in [-0.05, 0) is 35.4 Å². The highest BCUT2D eigenvalue weighted by Crippen LogP contribution is 2.45. The molecule has 0 aliphatic carbocycles. The van der Waals surface area contributed by atoms with Gasteiger partial charge in [0.25, 0.3) is 17.6 Å². The van der Waals surface area contributed by atoms with Gasteiger partial charge in [0, 0.05) is 32.6 Å². The lowest BCUT2D eigenvalue weighted by atomic mass is 9.88. The molecule has 11 atom stereocenters. The van der Waals surface area contributed by atoms with Crippen molar-refractivity contribution < 1.29 is 85.7 Å². The number of rotatable bonds is 19. The van der Waals surface area contributed by atoms with E-state index in [0.717, 1.165) is 50.8 Å². The van der Waals surface area contributed by atoms with Gasteiger partial charge >= 0.3 is 30.0 Å². The Bertz CT molecular complexity index is 2680. The average molecular weight is 1040 g/mol. The van der Waals surface area contributed by atoms with Crippen LogP contribution in [0.25, 0.3) is 0 Å². The molecule has 8 rings (SSSR count). The first-order valence-corrected chi connectivity index (χ1v) is 24.5. The lowest BCUT2D eigenvalue weighted by Crippen LogP contribution is -2.68. The third kappa shape index (κ3) is 11.7. The van der Waals surface area contributed by atoms with Crippen LogP contribution in [0.2, 0.25) is 0 Å². The van der Waals surface area contributed by atoms with E-state index in [2.05, 4.69) is 0 Å². The summed E-state index contributed by atoms with van der Waals surface area (Å²) in [6, 6.07) is 31.3. The summed E-state index contributed by atoms with van der Waals surface area (Å²) in [5.74, 6) is -8.46. The topological polar surface area (TPSA) is 235 Å². The molecule has 4 amide bonds. The number of benzene rings is 4. The maximum absolute atomic E-state index is 14.6. The molecule has 3 fully saturated rings. The molecule has 4 aliphatic rings. The number of hydrogen-bond acceptors (Lipinski definition) is 19. The van der Waals surface area contributed by atoms with Gasteiger partial charge in [-0.15, -0.1) is 0 Å². The SMILES string of the molecule is COC(=O)[C@]1(OC[C@@H]2O[C@@H](Sc3ccccc3)[C@@H](N3C(=O)c4ccccc4C3=O)[C@H](OCc3ccccc3)[C@@H]2OCc2ccccc2)C[C@@H]2OC(=O)N(C(C)=O)[C@H]2[C@H]([C@H](OC(C)=O)[C@@H](COC(C)=O)OC(C)=O)O1. The molecule has 4 heterocycles. The van der Waals surface area contributed by atoms with E-state index in [1.54, 1.807) is 24.3 Å². The Kier molecular flexibility index (Phi) is 16.9. The van der Waals surface area contributed by atoms with Gasteiger partial charge in [-0.1, -0.05) is 103 Å². The third-order valence-electron chi connectivity index (χ3n) is 12.6. The number of ether oxygens (including phenoxy) is 10. The Morgan fingerprint density at radius 1 is 0.703 bits per heavy atom. The minimum absolute atomic E-state index is 0.0287. The molecule has 4 aromatic rings. The third-order valence-corrected chi connectivity index (χ3v) is 13.8. The van der Waals surface area contributed by atoms with Gasteiger partial charge in [-0.3, -0.25) is 33.7 Å². The maximum Gasteiger partial charge on any atom is 0.417 e. The van der Waals surface area contributed by atoms with Gasteiger partial charge < -0.3 is 47.4 Å². The van der Waals surface area contributed by atoms with Gasteiger partial charge in [0.1, 0.15) is 54.6 Å². The van der Waals surface area contributed by atoms with Crippen LogP contribution >= 0.6 is 11.8 Å². The van der Waals surface area contributed by atoms with Crippen LogP contribution < -0.4 is 0 Å². The summed E-state index contributed by atoms with van der Waals surface area (Å²) < 4.78 is 61.5. The van der Waals surface area contributed by atoms with E-state index < -0.39 is 133 Å². The highest BCUT2D eigenvalue weighted by Gasteiger charge is 2.65. The lowest BCUT2D eigenvalue weighted by molar-refractivity contribution is -0.323. The van der Waals surface area contributed by atoms with Crippen LogP contribution in [-0.4, -0.2) is 144 Å². The molecule has 0 bridgehead atoms. The number of imide groups is 2. The summed E-state index contributed by atoms with van der Waals surface area (Å²) in [6.07, 6.45) is -12.2. The van der Waals surface area contributed by atoms with Crippen molar-refractivity contribution in [3.8, 4) is 0 Å². The minimum atomic E-state index is -2.61. The van der Waals surface area contributed by atoms with E-state index in [9.17, 15) is 38.4 Å². The summed E-state index contributed by atoms with van der Waals surface area (Å²) in [4.78, 5) is 111. The molecule has 0 aromatic heterocycles. The molecule has 390 valence electrons. The van der Waals surface area contributed by atoms with Crippen LogP contribution in [0, 0.1) is 0 Å². The largest absolute Gasteiger partial charge is 0.465 e. The number of thioether (sulfide) groups is 1. The van der Waals surface area contributed by atoms with E-state index in [1.165, 1.54) is 11.8 Å². The summed E-state index contributed by atoms with van der Waals surface area (Å²) in [6.45, 7) is 2.83. The van der Waals surface area contributed by atoms with Crippen molar-refractivity contribution >= 4 is 59.5 Å². The molecule has 0 saturated carbocycles. The van der Waals surface area contributed by atoms with E-state index in [4.69, 9.17) is 47.4 Å². The zero-order chi connectivity index (χ0) is 52.7. The second-order valence-corrected chi connectivity index (χ2v) is 18.9. The molecule has 0 radical (unpaired) electrons. The Morgan fingerprint density at radius 2 is 1.26 bits per heavy atom. The highest BCUT2D eigenvalue weighted by molar-refractivity contribution is 7.99. The van der Waals surface area contributed by atoms with E-state index in [-0.39, 0.29) is 24.3 Å². The van der Waals surface area contributed by atoms with Crippen LogP contribution in [-0.2, 0) is 84.6 Å². The summed E-state index contributed by atoms with van der Waals surface area (Å²) in [7, 11) is 1.04. The first kappa shape index (κ1) is 53.3. The molecule has 4 aromatic carbocycles. The van der Waals surface area contributed by atoms with Crippen LogP contribution in [0.3, 0.4) is 0 Å². The first-order chi connectivity index (χ1) is 35.6. The number of hydrogen-bond donors (Lipinski definition) is 0. The lowest BCUT2D eigenvalue weighted by Gasteiger charge is -2.50. The molecular formula is C53H54N2O18S. The van der Waals surface area contributed by atoms with Crippen molar-refractivity contribution in [1.29, 1.82) is 0 Å². The quantitative estimate of drug-likeness (QED) is 0.0669. The second kappa shape index (κ2) is 23.5. The molecule has 3 saturated heterocycles. The zero-order valence-electron chi connectivity index (χ0n) is 40.9. The molecule has 0 N–H and O–H groups in total. The monoisotopic (exact) mass is 1040 g/mol. The van der Waals surface area contributed by atoms with Crippen LogP contribution in [0.5, 0.6) is 0 Å². The van der Waals surface area contributed by atoms with Gasteiger partial charge in [0.05, 0.1) is 44.5 Å². The van der Waals surface area contributed by atoms with Gasteiger partial charge in [-0.25, -0.2) is 14.5 Å². The highest BCUT2D eigenvalue weighted by atomic mass is 32.2. The van der Waals surface area contributed by atoms with Crippen molar-refractivity contribution in [3.05, 3.63) is 138 Å². The Hall–Kier alpha value is -7.01. The molecule has 74 heavy (non-hydrogen) atoms. The predicted octanol–water partition coefficient (Wildman–Crippen LogP) is 5.18. The fourth-order valence-electron chi connectivity index (χ4n) is 9.51. The van der Waals surface area contributed by atoms with Crippen molar-refractivity contribution in [3.63, 3.8) is 0 Å². The Balaban J connectivity index is 1.24. The molecule has 4 aliphatic heterocycles. The van der Waals surface area contributed by atoms with Gasteiger partial charge in [0.2, 0.25) is 5.91 Å². The number of methoxy groups -OCH3 is 1. The number of esters is 4. The molecular weight excluding hydrogens is 985 g/mol. The van der Waals surface area contributed by atoms with Crippen molar-refractivity contribution in [2.24, 2.45) is 0 Å². The normalized spacial score (nSPS) is 26.0. The van der Waals surface area contributed by atoms with Gasteiger partial charge in [0.15, 0.2) is 12.2 Å². The average Bonchev–Trinajstić information content (AvgIpc) is 3.86. The zero-order valence-corrected chi connectivity index (χ0v) is 41.7. The van der Waals surface area contributed by atoms with Crippen molar-refractivity contribution in [2.45, 2.75) is 118 Å². The number of amides is 4. The first-order valence-electron chi connectivity index (χ1n) is 23.6. The second-order valence-electron chi connectivity index (χ2n) is 17.7. The van der Waals surface area contributed by atoms with Crippen molar-refractivity contribution in [2.75, 3.05) is 20.3 Å². The van der Waals surface area contributed by atoms with Crippen LogP contribution in [0.15, 0.2) is 120 Å². The van der Waals surface area contributed by atoms with Crippen molar-refractivity contribution in [1.82, 2.24) is 9.80 Å². The van der Waals surface area contributed by atoms with Crippen LogP contribution in [0.4, 0.5) is 4.79 Å². The predicted molar refractivity (Wildman–Crippen MR) is 256 cm³/mol. The molecule has 20 nitrogen and oxygen atoms in total.